The lowest BCUT2D eigenvalue weighted by Gasteiger charge is -2.09. The molecule has 0 bridgehead atoms. The first-order valence-corrected chi connectivity index (χ1v) is 9.28. The van der Waals surface area contributed by atoms with Crippen molar-refractivity contribution in [2.24, 2.45) is 0 Å². The predicted octanol–water partition coefficient (Wildman–Crippen LogP) is 3.60. The minimum absolute atomic E-state index is 0.0701. The summed E-state index contributed by atoms with van der Waals surface area (Å²) in [5, 5.41) is 7.27. The number of methoxy groups -OCH3 is 1. The van der Waals surface area contributed by atoms with E-state index in [4.69, 9.17) is 9.47 Å². The van der Waals surface area contributed by atoms with Crippen molar-refractivity contribution in [3.05, 3.63) is 77.6 Å². The van der Waals surface area contributed by atoms with Gasteiger partial charge in [-0.15, -0.1) is 0 Å². The van der Waals surface area contributed by atoms with Gasteiger partial charge in [0.2, 0.25) is 0 Å². The van der Waals surface area contributed by atoms with Gasteiger partial charge in [-0.05, 0) is 61.4 Å². The minimum atomic E-state index is -0.0701. The molecule has 6 nitrogen and oxygen atoms in total. The van der Waals surface area contributed by atoms with E-state index in [1.807, 2.05) is 72.4 Å². The lowest BCUT2D eigenvalue weighted by Crippen LogP contribution is -2.25. The molecule has 0 saturated carbocycles. The quantitative estimate of drug-likeness (QED) is 0.577. The third-order valence-electron chi connectivity index (χ3n) is 4.30. The Kier molecular flexibility index (Phi) is 6.68. The molecule has 0 saturated heterocycles. The Morgan fingerprint density at radius 2 is 1.75 bits per heavy atom. The average molecular weight is 379 g/mol. The van der Waals surface area contributed by atoms with Gasteiger partial charge in [-0.3, -0.25) is 9.48 Å². The molecule has 2 aromatic carbocycles. The molecule has 0 fully saturated rings. The number of carbonyl (C=O) groups is 1. The molecule has 28 heavy (non-hydrogen) atoms. The number of rotatable bonds is 9. The van der Waals surface area contributed by atoms with E-state index in [9.17, 15) is 4.79 Å². The molecular weight excluding hydrogens is 354 g/mol. The first-order valence-electron chi connectivity index (χ1n) is 9.28. The molecule has 0 spiro atoms. The second-order valence-corrected chi connectivity index (χ2v) is 6.49. The maximum absolute atomic E-state index is 12.2. The van der Waals surface area contributed by atoms with Crippen LogP contribution in [0.5, 0.6) is 11.5 Å². The molecule has 0 unspecified atom stereocenters. The topological polar surface area (TPSA) is 65.4 Å². The normalized spacial score (nSPS) is 10.5. The van der Waals surface area contributed by atoms with Gasteiger partial charge in [-0.1, -0.05) is 12.1 Å². The van der Waals surface area contributed by atoms with E-state index in [2.05, 4.69) is 10.4 Å². The fourth-order valence-electron chi connectivity index (χ4n) is 2.72. The molecular formula is C22H25N3O3. The first-order chi connectivity index (χ1) is 13.6. The average Bonchev–Trinajstić information content (AvgIpc) is 3.15. The van der Waals surface area contributed by atoms with Crippen molar-refractivity contribution in [2.45, 2.75) is 26.5 Å². The van der Waals surface area contributed by atoms with E-state index in [1.165, 1.54) is 0 Å². The first kappa shape index (κ1) is 19.5. The zero-order chi connectivity index (χ0) is 19.8. The fraction of sp³-hybridized carbons (Fsp3) is 0.273. The summed E-state index contributed by atoms with van der Waals surface area (Å²) in [4.78, 5) is 12.2. The molecule has 3 aromatic rings. The molecule has 6 heteroatoms. The monoisotopic (exact) mass is 379 g/mol. The van der Waals surface area contributed by atoms with Crippen LogP contribution >= 0.6 is 0 Å². The zero-order valence-corrected chi connectivity index (χ0v) is 16.2. The molecule has 0 atom stereocenters. The maximum atomic E-state index is 12.2. The van der Waals surface area contributed by atoms with E-state index in [0.29, 0.717) is 18.7 Å². The van der Waals surface area contributed by atoms with E-state index >= 15 is 0 Å². The van der Waals surface area contributed by atoms with Gasteiger partial charge in [0.15, 0.2) is 0 Å². The Bertz CT molecular complexity index is 886. The molecule has 1 amide bonds. The summed E-state index contributed by atoms with van der Waals surface area (Å²) in [6.07, 6.45) is 2.78. The second-order valence-electron chi connectivity index (χ2n) is 6.49. The van der Waals surface area contributed by atoms with Crippen LogP contribution in [0.15, 0.2) is 60.8 Å². The van der Waals surface area contributed by atoms with E-state index in [0.717, 1.165) is 35.7 Å². The van der Waals surface area contributed by atoms with E-state index in [-0.39, 0.29) is 5.91 Å². The molecule has 1 N–H and O–H groups in total. The van der Waals surface area contributed by atoms with Crippen LogP contribution in [0.2, 0.25) is 0 Å². The maximum Gasteiger partial charge on any atom is 0.251 e. The van der Waals surface area contributed by atoms with Crippen molar-refractivity contribution in [2.75, 3.05) is 13.7 Å². The third kappa shape index (κ3) is 5.61. The molecule has 1 heterocycles. The number of hydrogen-bond acceptors (Lipinski definition) is 4. The Labute approximate surface area is 165 Å². The Morgan fingerprint density at radius 1 is 1.04 bits per heavy atom. The van der Waals surface area contributed by atoms with Crippen molar-refractivity contribution < 1.29 is 14.3 Å². The molecule has 1 aromatic heterocycles. The van der Waals surface area contributed by atoms with Crippen LogP contribution in [-0.2, 0) is 13.2 Å². The zero-order valence-electron chi connectivity index (χ0n) is 16.2. The lowest BCUT2D eigenvalue weighted by atomic mass is 10.1. The van der Waals surface area contributed by atoms with Crippen LogP contribution in [0, 0.1) is 6.92 Å². The van der Waals surface area contributed by atoms with E-state index < -0.39 is 0 Å². The smallest absolute Gasteiger partial charge is 0.251 e. The second kappa shape index (κ2) is 9.60. The van der Waals surface area contributed by atoms with Gasteiger partial charge in [-0.25, -0.2) is 0 Å². The fourth-order valence-corrected chi connectivity index (χ4v) is 2.72. The van der Waals surface area contributed by atoms with Crippen LogP contribution in [-0.4, -0.2) is 29.3 Å². The van der Waals surface area contributed by atoms with Crippen molar-refractivity contribution in [1.82, 2.24) is 15.1 Å². The molecule has 0 radical (unpaired) electrons. The molecule has 0 aliphatic rings. The molecule has 146 valence electrons. The Hall–Kier alpha value is -3.28. The summed E-state index contributed by atoms with van der Waals surface area (Å²) < 4.78 is 12.8. The number of carbonyl (C=O) groups excluding carboxylic acids is 1. The van der Waals surface area contributed by atoms with Crippen molar-refractivity contribution in [1.29, 1.82) is 0 Å². The Morgan fingerprint density at radius 3 is 2.39 bits per heavy atom. The summed E-state index contributed by atoms with van der Waals surface area (Å²) in [5.41, 5.74) is 2.64. The van der Waals surface area contributed by atoms with Crippen LogP contribution in [0.25, 0.3) is 0 Å². The Balaban J connectivity index is 1.41. The lowest BCUT2D eigenvalue weighted by molar-refractivity contribution is 0.0952. The number of aromatic nitrogens is 2. The summed E-state index contributed by atoms with van der Waals surface area (Å²) in [6.45, 7) is 3.80. The summed E-state index contributed by atoms with van der Waals surface area (Å²) >= 11 is 0. The van der Waals surface area contributed by atoms with Gasteiger partial charge in [0.25, 0.3) is 5.91 Å². The van der Waals surface area contributed by atoms with Gasteiger partial charge in [0, 0.05) is 24.8 Å². The number of nitrogens with zero attached hydrogens (tertiary/aromatic N) is 2. The van der Waals surface area contributed by atoms with Crippen LogP contribution in [0.4, 0.5) is 0 Å². The van der Waals surface area contributed by atoms with E-state index in [1.54, 1.807) is 7.11 Å². The van der Waals surface area contributed by atoms with Gasteiger partial charge in [-0.2, -0.15) is 5.10 Å². The summed E-state index contributed by atoms with van der Waals surface area (Å²) in [5.74, 6) is 1.50. The van der Waals surface area contributed by atoms with Crippen molar-refractivity contribution in [3.8, 4) is 11.5 Å². The third-order valence-corrected chi connectivity index (χ3v) is 4.30. The van der Waals surface area contributed by atoms with Gasteiger partial charge in [0.05, 0.1) is 12.8 Å². The van der Waals surface area contributed by atoms with Crippen LogP contribution < -0.4 is 14.8 Å². The number of aryl methyl sites for hydroxylation is 2. The van der Waals surface area contributed by atoms with Crippen molar-refractivity contribution >= 4 is 5.91 Å². The number of hydrogen-bond donors (Lipinski definition) is 1. The standard InChI is InChI=1S/C22H25N3O3/c1-17-12-15-25(24-17)14-3-13-23-22(26)19-6-4-18(5-7-19)16-28-21-10-8-20(27-2)9-11-21/h4-12,15H,3,13-14,16H2,1-2H3,(H,23,26). The highest BCUT2D eigenvalue weighted by atomic mass is 16.5. The van der Waals surface area contributed by atoms with Crippen LogP contribution in [0.3, 0.4) is 0 Å². The SMILES string of the molecule is COc1ccc(OCc2ccc(C(=O)NCCCn3ccc(C)n3)cc2)cc1. The number of amides is 1. The molecule has 0 aliphatic heterocycles. The number of nitrogens with one attached hydrogen (secondary N) is 1. The van der Waals surface area contributed by atoms with Gasteiger partial charge in [0.1, 0.15) is 18.1 Å². The highest BCUT2D eigenvalue weighted by Crippen LogP contribution is 2.18. The highest BCUT2D eigenvalue weighted by molar-refractivity contribution is 5.94. The molecule has 3 rings (SSSR count). The largest absolute Gasteiger partial charge is 0.497 e. The number of benzene rings is 2. The highest BCUT2D eigenvalue weighted by Gasteiger charge is 2.05. The summed E-state index contributed by atoms with van der Waals surface area (Å²) in [7, 11) is 1.63. The van der Waals surface area contributed by atoms with Gasteiger partial charge >= 0.3 is 0 Å². The summed E-state index contributed by atoms with van der Waals surface area (Å²) in [6, 6.07) is 16.9. The van der Waals surface area contributed by atoms with Crippen molar-refractivity contribution in [3.63, 3.8) is 0 Å². The van der Waals surface area contributed by atoms with Crippen LogP contribution in [0.1, 0.15) is 28.0 Å². The molecule has 0 aliphatic carbocycles. The predicted molar refractivity (Wildman–Crippen MR) is 108 cm³/mol. The minimum Gasteiger partial charge on any atom is -0.497 e. The number of ether oxygens (including phenoxy) is 2. The van der Waals surface area contributed by atoms with Gasteiger partial charge < -0.3 is 14.8 Å².